The maximum atomic E-state index is 14.0. The fourth-order valence-corrected chi connectivity index (χ4v) is 4.65. The van der Waals surface area contributed by atoms with Crippen molar-refractivity contribution in [2.75, 3.05) is 12.0 Å². The van der Waals surface area contributed by atoms with Crippen LogP contribution in [-0.4, -0.2) is 22.8 Å². The third-order valence-corrected chi connectivity index (χ3v) is 6.39. The smallest absolute Gasteiger partial charge is 0.270 e. The number of non-ortho nitro benzene ring substituents is 1. The minimum absolute atomic E-state index is 0.107. The Balaban J connectivity index is 1.69. The topological polar surface area (TPSA) is 75.9 Å². The van der Waals surface area contributed by atoms with Gasteiger partial charge in [-0.25, -0.2) is 0 Å². The number of nitro groups is 1. The second kappa shape index (κ2) is 9.92. The number of anilines is 1. The number of ether oxygens (including phenoxy) is 1. The van der Waals surface area contributed by atoms with E-state index in [0.717, 1.165) is 22.4 Å². The Hall–Kier alpha value is -4.65. The van der Waals surface area contributed by atoms with E-state index in [1.807, 2.05) is 84.9 Å². The molecule has 5 rings (SSSR count). The van der Waals surface area contributed by atoms with E-state index in [0.29, 0.717) is 24.3 Å². The van der Waals surface area contributed by atoms with Crippen LogP contribution in [0.4, 0.5) is 11.4 Å². The molecular formula is C29H25N3O4. The van der Waals surface area contributed by atoms with Crippen LogP contribution in [0, 0.1) is 10.1 Å². The molecule has 0 N–H and O–H groups in total. The summed E-state index contributed by atoms with van der Waals surface area (Å²) in [7, 11) is 1.62. The van der Waals surface area contributed by atoms with Gasteiger partial charge in [0.1, 0.15) is 11.9 Å². The number of carbonyl (C=O) groups is 1. The molecule has 7 nitrogen and oxygen atoms in total. The van der Waals surface area contributed by atoms with Crippen molar-refractivity contribution < 1.29 is 14.5 Å². The van der Waals surface area contributed by atoms with Gasteiger partial charge in [-0.1, -0.05) is 72.8 Å². The normalized spacial score (nSPS) is 14.9. The van der Waals surface area contributed by atoms with E-state index in [-0.39, 0.29) is 11.6 Å². The number of fused-ring (bicyclic) bond motifs is 1. The number of amides is 1. The summed E-state index contributed by atoms with van der Waals surface area (Å²) in [4.78, 5) is 28.9. The molecule has 1 atom stereocenters. The number of hydrogen-bond acceptors (Lipinski definition) is 5. The lowest BCUT2D eigenvalue weighted by Gasteiger charge is -2.46. The maximum absolute atomic E-state index is 14.0. The van der Waals surface area contributed by atoms with Gasteiger partial charge in [0.2, 0.25) is 0 Å². The summed E-state index contributed by atoms with van der Waals surface area (Å²) in [6.45, 7) is 0.866. The zero-order valence-electron chi connectivity index (χ0n) is 19.8. The molecule has 0 fully saturated rings. The average Bonchev–Trinajstić information content (AvgIpc) is 2.92. The van der Waals surface area contributed by atoms with Crippen molar-refractivity contribution in [3.63, 3.8) is 0 Å². The summed E-state index contributed by atoms with van der Waals surface area (Å²) in [5, 5.41) is 11.5. The Labute approximate surface area is 209 Å². The monoisotopic (exact) mass is 479 g/mol. The van der Waals surface area contributed by atoms with E-state index in [1.54, 1.807) is 18.1 Å². The van der Waals surface area contributed by atoms with Crippen molar-refractivity contribution in [3.8, 4) is 5.75 Å². The molecule has 0 aromatic heterocycles. The number of nitro benzene ring substituents is 1. The van der Waals surface area contributed by atoms with Crippen LogP contribution in [0.15, 0.2) is 103 Å². The minimum atomic E-state index is -0.466. The Bertz CT molecular complexity index is 1380. The maximum Gasteiger partial charge on any atom is 0.270 e. The van der Waals surface area contributed by atoms with E-state index in [9.17, 15) is 14.9 Å². The molecule has 7 heteroatoms. The molecule has 1 heterocycles. The summed E-state index contributed by atoms with van der Waals surface area (Å²) in [6, 6.07) is 32.0. The van der Waals surface area contributed by atoms with Gasteiger partial charge < -0.3 is 14.5 Å². The van der Waals surface area contributed by atoms with Crippen molar-refractivity contribution in [2.45, 2.75) is 19.3 Å². The van der Waals surface area contributed by atoms with Crippen molar-refractivity contribution in [3.05, 3.63) is 135 Å². The first kappa shape index (κ1) is 23.1. The number of rotatable bonds is 7. The number of methoxy groups -OCH3 is 1. The number of carbonyl (C=O) groups excluding carboxylic acids is 1. The van der Waals surface area contributed by atoms with Crippen LogP contribution in [0.3, 0.4) is 0 Å². The van der Waals surface area contributed by atoms with Crippen molar-refractivity contribution in [2.24, 2.45) is 0 Å². The Kier molecular flexibility index (Phi) is 6.36. The van der Waals surface area contributed by atoms with E-state index in [1.165, 1.54) is 12.1 Å². The molecule has 1 aliphatic rings. The predicted molar refractivity (Wildman–Crippen MR) is 138 cm³/mol. The SMILES string of the molecule is COc1ccc(C2N(Cc3ccccc3)C(=O)c3cc([N+](=O)[O-])ccc3N2Cc2ccccc2)cc1. The fraction of sp³-hybridized carbons (Fsp3) is 0.138. The van der Waals surface area contributed by atoms with Crippen molar-refractivity contribution in [1.82, 2.24) is 4.90 Å². The largest absolute Gasteiger partial charge is 0.497 e. The van der Waals surface area contributed by atoms with Crippen LogP contribution >= 0.6 is 0 Å². The van der Waals surface area contributed by atoms with Crippen LogP contribution < -0.4 is 9.64 Å². The minimum Gasteiger partial charge on any atom is -0.497 e. The molecule has 0 bridgehead atoms. The van der Waals surface area contributed by atoms with Gasteiger partial charge in [-0.3, -0.25) is 14.9 Å². The Morgan fingerprint density at radius 1 is 0.806 bits per heavy atom. The molecule has 180 valence electrons. The molecule has 0 spiro atoms. The summed E-state index contributed by atoms with van der Waals surface area (Å²) in [5.41, 5.74) is 3.83. The lowest BCUT2D eigenvalue weighted by molar-refractivity contribution is -0.384. The van der Waals surface area contributed by atoms with Gasteiger partial charge in [-0.15, -0.1) is 0 Å². The second-order valence-electron chi connectivity index (χ2n) is 8.64. The lowest BCUT2D eigenvalue weighted by Crippen LogP contribution is -2.48. The van der Waals surface area contributed by atoms with E-state index < -0.39 is 11.1 Å². The second-order valence-corrected chi connectivity index (χ2v) is 8.64. The van der Waals surface area contributed by atoms with Crippen molar-refractivity contribution in [1.29, 1.82) is 0 Å². The standard InChI is InChI=1S/C29H25N3O4/c1-36-25-15-12-23(13-16-25)28-30(19-21-8-4-2-5-9-21)27-17-14-24(32(34)35)18-26(27)29(33)31(28)20-22-10-6-3-7-11-22/h2-18,28H,19-20H2,1H3. The van der Waals surface area contributed by atoms with Crippen LogP contribution in [0.1, 0.15) is 33.2 Å². The van der Waals surface area contributed by atoms with E-state index >= 15 is 0 Å². The lowest BCUT2D eigenvalue weighted by atomic mass is 9.98. The Morgan fingerprint density at radius 2 is 1.39 bits per heavy atom. The number of nitrogens with zero attached hydrogens (tertiary/aromatic N) is 3. The number of hydrogen-bond donors (Lipinski definition) is 0. The van der Waals surface area contributed by atoms with Crippen molar-refractivity contribution >= 4 is 17.3 Å². The van der Waals surface area contributed by atoms with Gasteiger partial charge >= 0.3 is 0 Å². The molecular weight excluding hydrogens is 454 g/mol. The van der Waals surface area contributed by atoms with Gasteiger partial charge in [0, 0.05) is 25.2 Å². The highest BCUT2D eigenvalue weighted by atomic mass is 16.6. The molecule has 36 heavy (non-hydrogen) atoms. The molecule has 0 saturated heterocycles. The first-order valence-electron chi connectivity index (χ1n) is 11.6. The van der Waals surface area contributed by atoms with Crippen LogP contribution in [0.25, 0.3) is 0 Å². The quantitative estimate of drug-likeness (QED) is 0.241. The first-order chi connectivity index (χ1) is 17.5. The number of benzene rings is 4. The molecule has 1 aliphatic heterocycles. The molecule has 4 aromatic carbocycles. The zero-order chi connectivity index (χ0) is 25.1. The van der Waals surface area contributed by atoms with Crippen LogP contribution in [0.5, 0.6) is 5.75 Å². The summed E-state index contributed by atoms with van der Waals surface area (Å²) in [6.07, 6.45) is -0.433. The van der Waals surface area contributed by atoms with Gasteiger partial charge in [-0.2, -0.15) is 0 Å². The zero-order valence-corrected chi connectivity index (χ0v) is 19.8. The molecule has 0 aliphatic carbocycles. The molecule has 0 radical (unpaired) electrons. The van der Waals surface area contributed by atoms with Crippen LogP contribution in [-0.2, 0) is 13.1 Å². The van der Waals surface area contributed by atoms with Gasteiger partial charge in [-0.05, 0) is 34.9 Å². The summed E-state index contributed by atoms with van der Waals surface area (Å²) in [5.74, 6) is 0.476. The van der Waals surface area contributed by atoms with Gasteiger partial charge in [0.25, 0.3) is 11.6 Å². The van der Waals surface area contributed by atoms with Gasteiger partial charge in [0.15, 0.2) is 0 Å². The Morgan fingerprint density at radius 3 is 1.94 bits per heavy atom. The average molecular weight is 480 g/mol. The summed E-state index contributed by atoms with van der Waals surface area (Å²) >= 11 is 0. The third-order valence-electron chi connectivity index (χ3n) is 6.39. The van der Waals surface area contributed by atoms with E-state index in [2.05, 4.69) is 4.90 Å². The van der Waals surface area contributed by atoms with Gasteiger partial charge in [0.05, 0.1) is 23.3 Å². The molecule has 0 saturated carbocycles. The summed E-state index contributed by atoms with van der Waals surface area (Å²) < 4.78 is 5.36. The molecule has 4 aromatic rings. The van der Waals surface area contributed by atoms with E-state index in [4.69, 9.17) is 4.74 Å². The predicted octanol–water partition coefficient (Wildman–Crippen LogP) is 5.96. The fourth-order valence-electron chi connectivity index (χ4n) is 4.65. The third kappa shape index (κ3) is 4.51. The first-order valence-corrected chi connectivity index (χ1v) is 11.6. The van der Waals surface area contributed by atoms with Crippen LogP contribution in [0.2, 0.25) is 0 Å². The highest BCUT2D eigenvalue weighted by Gasteiger charge is 2.39. The highest BCUT2D eigenvalue weighted by molar-refractivity contribution is 6.02. The molecule has 1 unspecified atom stereocenters. The molecule has 1 amide bonds. The highest BCUT2D eigenvalue weighted by Crippen LogP contribution is 2.42.